The molecule has 2 saturated heterocycles. The molecule has 5 nitrogen and oxygen atoms in total. The average Bonchev–Trinajstić information content (AvgIpc) is 2.29. The van der Waals surface area contributed by atoms with Gasteiger partial charge in [-0.05, 0) is 13.3 Å². The van der Waals surface area contributed by atoms with Gasteiger partial charge >= 0.3 is 0 Å². The van der Waals surface area contributed by atoms with Gasteiger partial charge < -0.3 is 5.32 Å². The number of hydrogen-bond acceptors (Lipinski definition) is 4. The Labute approximate surface area is 95.6 Å². The van der Waals surface area contributed by atoms with Crippen molar-refractivity contribution in [1.29, 1.82) is 0 Å². The lowest BCUT2D eigenvalue weighted by Gasteiger charge is -2.37. The highest BCUT2D eigenvalue weighted by atomic mass is 16.2. The van der Waals surface area contributed by atoms with E-state index in [9.17, 15) is 9.59 Å². The zero-order valence-electron chi connectivity index (χ0n) is 9.66. The summed E-state index contributed by atoms with van der Waals surface area (Å²) in [5.74, 6) is -0.258. The van der Waals surface area contributed by atoms with Crippen LogP contribution in [-0.2, 0) is 9.59 Å². The summed E-state index contributed by atoms with van der Waals surface area (Å²) in [6.07, 6.45) is 1.17. The Morgan fingerprint density at radius 2 is 2.00 bits per heavy atom. The first-order chi connectivity index (χ1) is 7.68. The van der Waals surface area contributed by atoms with Crippen molar-refractivity contribution in [2.24, 2.45) is 5.92 Å². The van der Waals surface area contributed by atoms with Gasteiger partial charge in [0.15, 0.2) is 0 Å². The Morgan fingerprint density at radius 3 is 2.62 bits per heavy atom. The van der Waals surface area contributed by atoms with E-state index in [-0.39, 0.29) is 23.8 Å². The molecule has 2 rings (SSSR count). The Bertz CT molecular complexity index is 287. The highest BCUT2D eigenvalue weighted by Gasteiger charge is 2.34. The Kier molecular flexibility index (Phi) is 3.56. The predicted octanol–water partition coefficient (Wildman–Crippen LogP) is -0.667. The lowest BCUT2D eigenvalue weighted by molar-refractivity contribution is -0.138. The van der Waals surface area contributed by atoms with Crippen molar-refractivity contribution >= 4 is 11.8 Å². The first-order valence-electron chi connectivity index (χ1n) is 5.97. The van der Waals surface area contributed by atoms with Crippen LogP contribution in [0.25, 0.3) is 0 Å². The van der Waals surface area contributed by atoms with Gasteiger partial charge in [0.05, 0.1) is 5.92 Å². The number of nitrogens with zero attached hydrogens (tertiary/aromatic N) is 1. The van der Waals surface area contributed by atoms with Crippen LogP contribution in [0.1, 0.15) is 19.8 Å². The molecule has 2 unspecified atom stereocenters. The minimum Gasteiger partial charge on any atom is -0.314 e. The van der Waals surface area contributed by atoms with E-state index in [2.05, 4.69) is 22.5 Å². The first kappa shape index (κ1) is 11.5. The van der Waals surface area contributed by atoms with Crippen LogP contribution in [-0.4, -0.2) is 48.9 Å². The van der Waals surface area contributed by atoms with Crippen molar-refractivity contribution in [3.8, 4) is 0 Å². The van der Waals surface area contributed by atoms with Gasteiger partial charge in [0.2, 0.25) is 11.8 Å². The molecule has 0 aromatic heterocycles. The fourth-order valence-electron chi connectivity index (χ4n) is 2.51. The fourth-order valence-corrected chi connectivity index (χ4v) is 2.51. The summed E-state index contributed by atoms with van der Waals surface area (Å²) in [5, 5.41) is 5.72. The second-order valence-corrected chi connectivity index (χ2v) is 4.58. The number of amides is 2. The van der Waals surface area contributed by atoms with E-state index in [1.807, 2.05) is 0 Å². The van der Waals surface area contributed by atoms with Crippen molar-refractivity contribution in [3.63, 3.8) is 0 Å². The number of rotatable bonds is 2. The molecule has 2 amide bonds. The molecule has 0 saturated carbocycles. The van der Waals surface area contributed by atoms with E-state index in [0.717, 1.165) is 26.2 Å². The van der Waals surface area contributed by atoms with Crippen LogP contribution < -0.4 is 10.6 Å². The third kappa shape index (κ3) is 2.41. The molecule has 2 atom stereocenters. The largest absolute Gasteiger partial charge is 0.314 e. The monoisotopic (exact) mass is 225 g/mol. The number of nitrogens with one attached hydrogen (secondary N) is 2. The molecule has 0 bridgehead atoms. The van der Waals surface area contributed by atoms with Gasteiger partial charge in [-0.2, -0.15) is 0 Å². The molecule has 2 aliphatic heterocycles. The maximum atomic E-state index is 11.7. The second-order valence-electron chi connectivity index (χ2n) is 4.58. The van der Waals surface area contributed by atoms with E-state index in [4.69, 9.17) is 0 Å². The summed E-state index contributed by atoms with van der Waals surface area (Å²) in [6.45, 7) is 6.03. The van der Waals surface area contributed by atoms with Crippen LogP contribution >= 0.6 is 0 Å². The van der Waals surface area contributed by atoms with Crippen molar-refractivity contribution in [2.75, 3.05) is 26.2 Å². The molecule has 0 aliphatic carbocycles. The molecule has 2 N–H and O–H groups in total. The number of carbonyl (C=O) groups excluding carboxylic acids is 2. The number of imide groups is 1. The van der Waals surface area contributed by atoms with Crippen LogP contribution in [0, 0.1) is 5.92 Å². The summed E-state index contributed by atoms with van der Waals surface area (Å²) >= 11 is 0. The Morgan fingerprint density at radius 1 is 1.31 bits per heavy atom. The predicted molar refractivity (Wildman–Crippen MR) is 59.8 cm³/mol. The van der Waals surface area contributed by atoms with Gasteiger partial charge in [-0.25, -0.2) is 0 Å². The van der Waals surface area contributed by atoms with Gasteiger partial charge in [-0.15, -0.1) is 0 Å². The van der Waals surface area contributed by atoms with Crippen LogP contribution in [0.15, 0.2) is 0 Å². The summed E-state index contributed by atoms with van der Waals surface area (Å²) in [4.78, 5) is 25.1. The fraction of sp³-hybridized carbons (Fsp3) is 0.818. The highest BCUT2D eigenvalue weighted by molar-refractivity contribution is 5.98. The third-order valence-electron chi connectivity index (χ3n) is 3.59. The normalized spacial score (nSPS) is 29.9. The third-order valence-corrected chi connectivity index (χ3v) is 3.59. The summed E-state index contributed by atoms with van der Waals surface area (Å²) in [5.41, 5.74) is 0. The van der Waals surface area contributed by atoms with Crippen LogP contribution in [0.3, 0.4) is 0 Å². The quantitative estimate of drug-likeness (QED) is 0.612. The van der Waals surface area contributed by atoms with E-state index < -0.39 is 0 Å². The lowest BCUT2D eigenvalue weighted by Crippen LogP contribution is -2.54. The molecule has 2 fully saturated rings. The summed E-state index contributed by atoms with van der Waals surface area (Å²) in [6, 6.07) is 0.232. The standard InChI is InChI=1S/C11H19N3O2/c1-8(14-6-4-12-5-7-14)9-2-3-10(15)13-11(9)16/h8-9,12H,2-7H2,1H3,(H,13,15,16). The van der Waals surface area contributed by atoms with Gasteiger partial charge in [0.25, 0.3) is 0 Å². The molecule has 0 aromatic rings. The molecular weight excluding hydrogens is 206 g/mol. The van der Waals surface area contributed by atoms with Crippen LogP contribution in [0.4, 0.5) is 0 Å². The van der Waals surface area contributed by atoms with Gasteiger partial charge in [-0.1, -0.05) is 0 Å². The maximum absolute atomic E-state index is 11.7. The minimum absolute atomic E-state index is 0.0317. The van der Waals surface area contributed by atoms with E-state index >= 15 is 0 Å². The van der Waals surface area contributed by atoms with Crippen molar-refractivity contribution in [1.82, 2.24) is 15.5 Å². The minimum atomic E-state index is -0.131. The smallest absolute Gasteiger partial charge is 0.231 e. The number of piperidine rings is 1. The Balaban J connectivity index is 1.95. The number of carbonyl (C=O) groups is 2. The van der Waals surface area contributed by atoms with Crippen LogP contribution in [0.5, 0.6) is 0 Å². The van der Waals surface area contributed by atoms with E-state index in [0.29, 0.717) is 12.8 Å². The molecule has 2 aliphatic rings. The molecule has 90 valence electrons. The maximum Gasteiger partial charge on any atom is 0.231 e. The summed E-state index contributed by atoms with van der Waals surface area (Å²) < 4.78 is 0. The van der Waals surface area contributed by atoms with Crippen molar-refractivity contribution in [3.05, 3.63) is 0 Å². The molecular formula is C11H19N3O2. The molecule has 2 heterocycles. The van der Waals surface area contributed by atoms with Gasteiger partial charge in [-0.3, -0.25) is 19.8 Å². The topological polar surface area (TPSA) is 61.4 Å². The number of hydrogen-bond donors (Lipinski definition) is 2. The van der Waals surface area contributed by atoms with Crippen molar-refractivity contribution in [2.45, 2.75) is 25.8 Å². The molecule has 0 aromatic carbocycles. The van der Waals surface area contributed by atoms with E-state index in [1.165, 1.54) is 0 Å². The Hall–Kier alpha value is -0.940. The molecule has 0 radical (unpaired) electrons. The van der Waals surface area contributed by atoms with E-state index in [1.54, 1.807) is 0 Å². The highest BCUT2D eigenvalue weighted by Crippen LogP contribution is 2.20. The van der Waals surface area contributed by atoms with Gasteiger partial charge in [0, 0.05) is 38.6 Å². The van der Waals surface area contributed by atoms with Crippen molar-refractivity contribution < 1.29 is 9.59 Å². The lowest BCUT2D eigenvalue weighted by atomic mass is 9.90. The summed E-state index contributed by atoms with van der Waals surface area (Å²) in [7, 11) is 0. The zero-order valence-corrected chi connectivity index (χ0v) is 9.66. The second kappa shape index (κ2) is 4.93. The molecule has 0 spiro atoms. The number of piperazine rings is 1. The SMILES string of the molecule is CC(C1CCC(=O)NC1=O)N1CCNCC1. The molecule has 5 heteroatoms. The average molecular weight is 225 g/mol. The van der Waals surface area contributed by atoms with Gasteiger partial charge in [0.1, 0.15) is 0 Å². The molecule has 16 heavy (non-hydrogen) atoms. The first-order valence-corrected chi connectivity index (χ1v) is 5.97. The van der Waals surface area contributed by atoms with Crippen LogP contribution in [0.2, 0.25) is 0 Å². The zero-order chi connectivity index (χ0) is 11.5.